The van der Waals surface area contributed by atoms with E-state index in [4.69, 9.17) is 4.74 Å². The summed E-state index contributed by atoms with van der Waals surface area (Å²) >= 11 is 1.38. The predicted octanol–water partition coefficient (Wildman–Crippen LogP) is 0.335. The molecule has 1 atom stereocenters. The van der Waals surface area contributed by atoms with Gasteiger partial charge in [-0.05, 0) is 11.4 Å². The molecule has 1 fully saturated rings. The Kier molecular flexibility index (Phi) is 3.75. The van der Waals surface area contributed by atoms with Crippen LogP contribution in [0.1, 0.15) is 9.67 Å². The Bertz CT molecular complexity index is 405. The maximum atomic E-state index is 12.2. The van der Waals surface area contributed by atoms with Crippen molar-refractivity contribution in [2.75, 3.05) is 26.7 Å². The van der Waals surface area contributed by atoms with E-state index < -0.39 is 6.04 Å². The number of rotatable bonds is 2. The summed E-state index contributed by atoms with van der Waals surface area (Å²) in [6, 6.07) is 3.07. The molecule has 1 N–H and O–H groups in total. The fraction of sp³-hybridized carbons (Fsp3) is 0.455. The van der Waals surface area contributed by atoms with Gasteiger partial charge in [0.2, 0.25) is 0 Å². The van der Waals surface area contributed by atoms with Crippen molar-refractivity contribution in [3.63, 3.8) is 0 Å². The number of nitrogens with one attached hydrogen (secondary N) is 1. The summed E-state index contributed by atoms with van der Waals surface area (Å²) in [6.07, 6.45) is 0. The highest BCUT2D eigenvalue weighted by molar-refractivity contribution is 7.12. The van der Waals surface area contributed by atoms with Crippen LogP contribution in [0.4, 0.5) is 0 Å². The lowest BCUT2D eigenvalue weighted by molar-refractivity contribution is -0.146. The summed E-state index contributed by atoms with van der Waals surface area (Å²) < 4.78 is 4.72. The van der Waals surface area contributed by atoms with Crippen molar-refractivity contribution in [3.05, 3.63) is 22.4 Å². The summed E-state index contributed by atoms with van der Waals surface area (Å²) in [4.78, 5) is 26.0. The number of methoxy groups -OCH3 is 1. The number of ether oxygens (including phenoxy) is 1. The van der Waals surface area contributed by atoms with Crippen LogP contribution in [0.25, 0.3) is 0 Å². The zero-order valence-electron chi connectivity index (χ0n) is 9.51. The van der Waals surface area contributed by atoms with Crippen molar-refractivity contribution in [1.82, 2.24) is 10.2 Å². The van der Waals surface area contributed by atoms with Crippen molar-refractivity contribution in [2.45, 2.75) is 6.04 Å². The first-order chi connectivity index (χ1) is 8.24. The lowest BCUT2D eigenvalue weighted by Gasteiger charge is -2.33. The van der Waals surface area contributed by atoms with Gasteiger partial charge < -0.3 is 15.0 Å². The quantitative estimate of drug-likeness (QED) is 0.773. The molecule has 0 aromatic carbocycles. The van der Waals surface area contributed by atoms with Crippen LogP contribution in [-0.4, -0.2) is 49.6 Å². The second-order valence-corrected chi connectivity index (χ2v) is 4.67. The van der Waals surface area contributed by atoms with E-state index in [1.54, 1.807) is 11.0 Å². The van der Waals surface area contributed by atoms with Crippen LogP contribution in [0, 0.1) is 0 Å². The molecule has 1 aliphatic rings. The Morgan fingerprint density at radius 1 is 1.59 bits per heavy atom. The minimum absolute atomic E-state index is 0.100. The van der Waals surface area contributed by atoms with Gasteiger partial charge in [-0.15, -0.1) is 11.3 Å². The molecular formula is C11H14N2O3S. The number of hydrogen-bond donors (Lipinski definition) is 1. The Hall–Kier alpha value is -1.40. The molecule has 0 spiro atoms. The predicted molar refractivity (Wildman–Crippen MR) is 64.0 cm³/mol. The lowest BCUT2D eigenvalue weighted by atomic mass is 10.2. The molecule has 92 valence electrons. The topological polar surface area (TPSA) is 58.6 Å². The van der Waals surface area contributed by atoms with E-state index in [-0.39, 0.29) is 11.9 Å². The Labute approximate surface area is 103 Å². The van der Waals surface area contributed by atoms with E-state index in [1.165, 1.54) is 18.4 Å². The smallest absolute Gasteiger partial charge is 0.329 e. The Morgan fingerprint density at radius 2 is 2.41 bits per heavy atom. The lowest BCUT2D eigenvalue weighted by Crippen LogP contribution is -2.57. The maximum absolute atomic E-state index is 12.2. The normalized spacial score (nSPS) is 20.1. The third kappa shape index (κ3) is 2.48. The van der Waals surface area contributed by atoms with Crippen molar-refractivity contribution in [3.8, 4) is 0 Å². The average Bonchev–Trinajstić information content (AvgIpc) is 2.91. The first-order valence-electron chi connectivity index (χ1n) is 5.37. The van der Waals surface area contributed by atoms with E-state index in [1.807, 2.05) is 11.4 Å². The second kappa shape index (κ2) is 5.29. The van der Waals surface area contributed by atoms with Gasteiger partial charge in [0.25, 0.3) is 5.91 Å². The Morgan fingerprint density at radius 3 is 3.06 bits per heavy atom. The molecule has 0 radical (unpaired) electrons. The molecule has 0 unspecified atom stereocenters. The van der Waals surface area contributed by atoms with Gasteiger partial charge in [0.05, 0.1) is 12.0 Å². The highest BCUT2D eigenvalue weighted by atomic mass is 32.1. The number of carbonyl (C=O) groups excluding carboxylic acids is 2. The SMILES string of the molecule is COC(=O)[C@@H]1CNCCN1C(=O)c1cccs1. The van der Waals surface area contributed by atoms with Gasteiger partial charge in [-0.3, -0.25) is 4.79 Å². The van der Waals surface area contributed by atoms with Crippen LogP contribution in [-0.2, 0) is 9.53 Å². The minimum Gasteiger partial charge on any atom is -0.467 e. The van der Waals surface area contributed by atoms with Gasteiger partial charge in [-0.2, -0.15) is 0 Å². The monoisotopic (exact) mass is 254 g/mol. The molecule has 0 bridgehead atoms. The molecule has 1 saturated heterocycles. The van der Waals surface area contributed by atoms with Crippen molar-refractivity contribution in [2.24, 2.45) is 0 Å². The standard InChI is InChI=1S/C11H14N2O3S/c1-16-11(15)8-7-12-4-5-13(8)10(14)9-3-2-6-17-9/h2-3,6,8,12H,4-5,7H2,1H3/t8-/m0/s1. The van der Waals surface area contributed by atoms with Gasteiger partial charge in [-0.1, -0.05) is 6.07 Å². The third-order valence-corrected chi connectivity index (χ3v) is 3.57. The fourth-order valence-electron chi connectivity index (χ4n) is 1.84. The Balaban J connectivity index is 2.16. The average molecular weight is 254 g/mol. The van der Waals surface area contributed by atoms with Crippen LogP contribution < -0.4 is 5.32 Å². The zero-order valence-corrected chi connectivity index (χ0v) is 10.3. The summed E-state index contributed by atoms with van der Waals surface area (Å²) in [5.74, 6) is -0.473. The fourth-order valence-corrected chi connectivity index (χ4v) is 2.51. The molecule has 5 nitrogen and oxygen atoms in total. The molecule has 6 heteroatoms. The van der Waals surface area contributed by atoms with Crippen LogP contribution in [0.5, 0.6) is 0 Å². The third-order valence-electron chi connectivity index (χ3n) is 2.71. The number of hydrogen-bond acceptors (Lipinski definition) is 5. The summed E-state index contributed by atoms with van der Waals surface area (Å²) in [5.41, 5.74) is 0. The molecule has 1 aliphatic heterocycles. The van der Waals surface area contributed by atoms with E-state index >= 15 is 0 Å². The van der Waals surface area contributed by atoms with Gasteiger partial charge in [0.15, 0.2) is 0 Å². The molecule has 17 heavy (non-hydrogen) atoms. The zero-order chi connectivity index (χ0) is 12.3. The van der Waals surface area contributed by atoms with Crippen molar-refractivity contribution < 1.29 is 14.3 Å². The van der Waals surface area contributed by atoms with Gasteiger partial charge >= 0.3 is 5.97 Å². The number of esters is 1. The van der Waals surface area contributed by atoms with Gasteiger partial charge in [0, 0.05) is 19.6 Å². The van der Waals surface area contributed by atoms with Crippen LogP contribution in [0.15, 0.2) is 17.5 Å². The maximum Gasteiger partial charge on any atom is 0.329 e. The molecule has 0 aliphatic carbocycles. The number of piperazine rings is 1. The van der Waals surface area contributed by atoms with E-state index in [2.05, 4.69) is 5.32 Å². The molecule has 2 heterocycles. The van der Waals surface area contributed by atoms with Crippen LogP contribution >= 0.6 is 11.3 Å². The highest BCUT2D eigenvalue weighted by Gasteiger charge is 2.33. The van der Waals surface area contributed by atoms with Gasteiger partial charge in [-0.25, -0.2) is 4.79 Å². The number of amides is 1. The molecule has 1 amide bonds. The first kappa shape index (κ1) is 12.1. The molecular weight excluding hydrogens is 240 g/mol. The molecule has 0 saturated carbocycles. The summed E-state index contributed by atoms with van der Waals surface area (Å²) in [7, 11) is 1.34. The summed E-state index contributed by atoms with van der Waals surface area (Å²) in [6.45, 7) is 1.67. The van der Waals surface area contributed by atoms with Crippen molar-refractivity contribution in [1.29, 1.82) is 0 Å². The van der Waals surface area contributed by atoms with Gasteiger partial charge in [0.1, 0.15) is 6.04 Å². The molecule has 1 aromatic rings. The van der Waals surface area contributed by atoms with Crippen LogP contribution in [0.2, 0.25) is 0 Å². The van der Waals surface area contributed by atoms with E-state index in [0.29, 0.717) is 24.5 Å². The number of thiophene rings is 1. The summed E-state index contributed by atoms with van der Waals surface area (Å²) in [5, 5.41) is 4.94. The largest absolute Gasteiger partial charge is 0.467 e. The second-order valence-electron chi connectivity index (χ2n) is 3.72. The molecule has 1 aromatic heterocycles. The molecule has 2 rings (SSSR count). The number of nitrogens with zero attached hydrogens (tertiary/aromatic N) is 1. The van der Waals surface area contributed by atoms with Crippen molar-refractivity contribution >= 4 is 23.2 Å². The van der Waals surface area contributed by atoms with E-state index in [0.717, 1.165) is 0 Å². The van der Waals surface area contributed by atoms with Crippen LogP contribution in [0.3, 0.4) is 0 Å². The number of carbonyl (C=O) groups is 2. The first-order valence-corrected chi connectivity index (χ1v) is 6.25. The highest BCUT2D eigenvalue weighted by Crippen LogP contribution is 2.15. The van der Waals surface area contributed by atoms with E-state index in [9.17, 15) is 9.59 Å². The minimum atomic E-state index is -0.525.